The monoisotopic (exact) mass is 236 g/mol. The van der Waals surface area contributed by atoms with Gasteiger partial charge in [0, 0.05) is 32.7 Å². The lowest BCUT2D eigenvalue weighted by molar-refractivity contribution is 0.0826. The molecule has 13 heavy (non-hydrogen) atoms. The summed E-state index contributed by atoms with van der Waals surface area (Å²) in [6.45, 7) is 2.80. The fourth-order valence-electron chi connectivity index (χ4n) is 0.687. The molecule has 0 atom stereocenters. The molecule has 0 heterocycles. The van der Waals surface area contributed by atoms with Crippen molar-refractivity contribution in [1.82, 2.24) is 0 Å². The molecule has 0 spiro atoms. The van der Waals surface area contributed by atoms with Crippen LogP contribution in [0, 0.1) is 0 Å². The van der Waals surface area contributed by atoms with Gasteiger partial charge in [-0.15, -0.1) is 24.8 Å². The minimum atomic E-state index is -1.44. The number of hydrogen-bond donors (Lipinski definition) is 2. The van der Waals surface area contributed by atoms with Crippen LogP contribution in [0.2, 0.25) is 0 Å². The normalized spacial score (nSPS) is 10.2. The van der Waals surface area contributed by atoms with Crippen LogP contribution >= 0.6 is 24.8 Å². The summed E-state index contributed by atoms with van der Waals surface area (Å²) >= 11 is 0. The molecule has 0 aliphatic rings. The van der Waals surface area contributed by atoms with Crippen molar-refractivity contribution in [2.45, 2.75) is 19.0 Å². The van der Waals surface area contributed by atoms with Crippen molar-refractivity contribution in [3.05, 3.63) is 0 Å². The second-order valence-corrected chi connectivity index (χ2v) is 2.51. The molecule has 0 aromatic heterocycles. The van der Waals surface area contributed by atoms with E-state index in [1.54, 1.807) is 0 Å². The number of alkyl halides is 1. The third-order valence-electron chi connectivity index (χ3n) is 1.63. The molecule has 0 amide bonds. The smallest absolute Gasteiger partial charge is 0.137 e. The lowest BCUT2D eigenvalue weighted by atomic mass is 10.0. The molecular formula is C7H19Cl2FN2O. The molecule has 0 radical (unpaired) electrons. The van der Waals surface area contributed by atoms with E-state index >= 15 is 0 Å². The Morgan fingerprint density at radius 3 is 2.00 bits per heavy atom. The molecule has 84 valence electrons. The van der Waals surface area contributed by atoms with Crippen LogP contribution in [0.4, 0.5) is 4.39 Å². The Morgan fingerprint density at radius 1 is 1.23 bits per heavy atom. The number of hydrogen-bond acceptors (Lipinski definition) is 3. The number of halogens is 3. The Kier molecular flexibility index (Phi) is 15.3. The zero-order valence-corrected chi connectivity index (χ0v) is 9.43. The number of nitrogens with two attached hydrogens (primary N) is 2. The van der Waals surface area contributed by atoms with E-state index in [9.17, 15) is 4.39 Å². The van der Waals surface area contributed by atoms with E-state index in [1.165, 1.54) is 0 Å². The Bertz CT molecular complexity index is 104. The summed E-state index contributed by atoms with van der Waals surface area (Å²) in [5.41, 5.74) is 8.94. The topological polar surface area (TPSA) is 61.3 Å². The first kappa shape index (κ1) is 19.0. The summed E-state index contributed by atoms with van der Waals surface area (Å²) in [5, 5.41) is 0. The van der Waals surface area contributed by atoms with E-state index < -0.39 is 5.67 Å². The summed E-state index contributed by atoms with van der Waals surface area (Å²) in [6, 6.07) is 0. The van der Waals surface area contributed by atoms with Gasteiger partial charge in [0.25, 0.3) is 0 Å². The molecule has 6 heteroatoms. The van der Waals surface area contributed by atoms with Gasteiger partial charge in [-0.05, 0) is 6.92 Å². The highest BCUT2D eigenvalue weighted by Gasteiger charge is 2.25. The predicted molar refractivity (Wildman–Crippen MR) is 57.6 cm³/mol. The van der Waals surface area contributed by atoms with Crippen molar-refractivity contribution in [2.75, 3.05) is 26.3 Å². The molecule has 0 bridgehead atoms. The highest BCUT2D eigenvalue weighted by atomic mass is 35.5. The SMILES string of the molecule is CCOCCC(F)(CN)CN.Cl.Cl. The molecule has 4 N–H and O–H groups in total. The Morgan fingerprint density at radius 2 is 1.69 bits per heavy atom. The molecule has 0 rings (SSSR count). The second-order valence-electron chi connectivity index (χ2n) is 2.51. The lowest BCUT2D eigenvalue weighted by Crippen LogP contribution is -2.41. The molecule has 0 aromatic carbocycles. The van der Waals surface area contributed by atoms with E-state index in [0.717, 1.165) is 0 Å². The molecule has 0 aliphatic carbocycles. The van der Waals surface area contributed by atoms with E-state index in [2.05, 4.69) is 0 Å². The Hall–Kier alpha value is 0.390. The van der Waals surface area contributed by atoms with E-state index in [0.29, 0.717) is 13.2 Å². The lowest BCUT2D eigenvalue weighted by Gasteiger charge is -2.20. The zero-order chi connectivity index (χ0) is 8.74. The maximum absolute atomic E-state index is 13.2. The largest absolute Gasteiger partial charge is 0.382 e. The van der Waals surface area contributed by atoms with Crippen LogP contribution in [0.15, 0.2) is 0 Å². The van der Waals surface area contributed by atoms with Gasteiger partial charge in [-0.1, -0.05) is 0 Å². The summed E-state index contributed by atoms with van der Waals surface area (Å²) in [4.78, 5) is 0. The van der Waals surface area contributed by atoms with Gasteiger partial charge in [0.1, 0.15) is 5.67 Å². The first-order chi connectivity index (χ1) is 5.18. The van der Waals surface area contributed by atoms with E-state index in [1.807, 2.05) is 6.92 Å². The Labute approximate surface area is 91.2 Å². The molecule has 0 unspecified atom stereocenters. The average molecular weight is 237 g/mol. The molecule has 3 nitrogen and oxygen atoms in total. The van der Waals surface area contributed by atoms with Crippen molar-refractivity contribution < 1.29 is 9.13 Å². The van der Waals surface area contributed by atoms with Gasteiger partial charge < -0.3 is 16.2 Å². The summed E-state index contributed by atoms with van der Waals surface area (Å²) in [7, 11) is 0. The highest BCUT2D eigenvalue weighted by molar-refractivity contribution is 5.85. The average Bonchev–Trinajstić information content (AvgIpc) is 2.05. The van der Waals surface area contributed by atoms with Crippen molar-refractivity contribution in [2.24, 2.45) is 11.5 Å². The molecule has 0 aliphatic heterocycles. The quantitative estimate of drug-likeness (QED) is 0.674. The predicted octanol–water partition coefficient (Wildman–Crippen LogP) is 0.882. The fourth-order valence-corrected chi connectivity index (χ4v) is 0.687. The van der Waals surface area contributed by atoms with Gasteiger partial charge in [0.05, 0.1) is 0 Å². The third kappa shape index (κ3) is 8.71. The van der Waals surface area contributed by atoms with Crippen LogP contribution in [-0.4, -0.2) is 32.0 Å². The van der Waals surface area contributed by atoms with Gasteiger partial charge in [-0.2, -0.15) is 0 Å². The van der Waals surface area contributed by atoms with Crippen molar-refractivity contribution in [3.8, 4) is 0 Å². The first-order valence-corrected chi connectivity index (χ1v) is 3.85. The zero-order valence-electron chi connectivity index (χ0n) is 7.79. The van der Waals surface area contributed by atoms with E-state index in [-0.39, 0.29) is 44.3 Å². The number of rotatable bonds is 6. The van der Waals surface area contributed by atoms with Gasteiger partial charge in [-0.3, -0.25) is 0 Å². The molecule has 0 aromatic rings. The Balaban J connectivity index is -0.000000500. The van der Waals surface area contributed by atoms with Crippen LogP contribution in [0.3, 0.4) is 0 Å². The van der Waals surface area contributed by atoms with Crippen LogP contribution in [-0.2, 0) is 4.74 Å². The van der Waals surface area contributed by atoms with Crippen molar-refractivity contribution in [3.63, 3.8) is 0 Å². The fraction of sp³-hybridized carbons (Fsp3) is 1.00. The van der Waals surface area contributed by atoms with Gasteiger partial charge in [-0.25, -0.2) is 4.39 Å². The number of ether oxygens (including phenoxy) is 1. The standard InChI is InChI=1S/C7H17FN2O.2ClH/c1-2-11-4-3-7(8,5-9)6-10;;/h2-6,9-10H2,1H3;2*1H. The van der Waals surface area contributed by atoms with Gasteiger partial charge in [0.15, 0.2) is 0 Å². The summed E-state index contributed by atoms with van der Waals surface area (Å²) < 4.78 is 18.2. The van der Waals surface area contributed by atoms with Crippen LogP contribution in [0.25, 0.3) is 0 Å². The van der Waals surface area contributed by atoms with Crippen molar-refractivity contribution >= 4 is 24.8 Å². The summed E-state index contributed by atoms with van der Waals surface area (Å²) in [6.07, 6.45) is 0.286. The second kappa shape index (κ2) is 10.5. The molecule has 0 saturated carbocycles. The van der Waals surface area contributed by atoms with Crippen LogP contribution < -0.4 is 11.5 Å². The minimum absolute atomic E-state index is 0. The summed E-state index contributed by atoms with van der Waals surface area (Å²) in [5.74, 6) is 0. The van der Waals surface area contributed by atoms with Crippen LogP contribution in [0.1, 0.15) is 13.3 Å². The maximum atomic E-state index is 13.2. The molecular weight excluding hydrogens is 218 g/mol. The van der Waals surface area contributed by atoms with E-state index in [4.69, 9.17) is 16.2 Å². The maximum Gasteiger partial charge on any atom is 0.137 e. The van der Waals surface area contributed by atoms with Gasteiger partial charge in [0.2, 0.25) is 0 Å². The van der Waals surface area contributed by atoms with Crippen LogP contribution in [0.5, 0.6) is 0 Å². The molecule has 0 saturated heterocycles. The van der Waals surface area contributed by atoms with Gasteiger partial charge >= 0.3 is 0 Å². The van der Waals surface area contributed by atoms with Crippen molar-refractivity contribution in [1.29, 1.82) is 0 Å². The molecule has 0 fully saturated rings. The third-order valence-corrected chi connectivity index (χ3v) is 1.63. The highest BCUT2D eigenvalue weighted by Crippen LogP contribution is 2.12. The minimum Gasteiger partial charge on any atom is -0.382 e. The first-order valence-electron chi connectivity index (χ1n) is 3.85.